The van der Waals surface area contributed by atoms with Gasteiger partial charge in [0.15, 0.2) is 23.8 Å². The maximum atomic E-state index is 12.6. The van der Waals surface area contributed by atoms with E-state index in [1.54, 1.807) is 0 Å². The second-order valence-electron chi connectivity index (χ2n) is 51.8. The van der Waals surface area contributed by atoms with Crippen LogP contribution in [0.2, 0.25) is 0 Å². The molecule has 0 aliphatic heterocycles. The Kier molecular flexibility index (Phi) is 41.3. The van der Waals surface area contributed by atoms with Gasteiger partial charge in [-0.15, -0.1) is 0 Å². The van der Waals surface area contributed by atoms with Crippen LogP contribution in [0.5, 0.6) is 0 Å². The first-order valence-electron chi connectivity index (χ1n) is 62.1. The predicted molar refractivity (Wildman–Crippen MR) is 615 cm³/mol. The van der Waals surface area contributed by atoms with Gasteiger partial charge in [0.25, 0.3) is 5.91 Å². The molecule has 22 saturated carbocycles. The van der Waals surface area contributed by atoms with Crippen LogP contribution in [0.1, 0.15) is 468 Å². The van der Waals surface area contributed by atoms with Crippen LogP contribution in [-0.2, 0) is 9.53 Å². The fraction of sp³-hybridized carbons (Fsp3) is 0.740. The summed E-state index contributed by atoms with van der Waals surface area (Å²) in [5.74, 6) is 14.2. The molecule has 0 heterocycles. The zero-order chi connectivity index (χ0) is 102. The summed E-state index contributed by atoms with van der Waals surface area (Å²) in [5, 5.41) is 42.5. The minimum atomic E-state index is -0.495. The molecule has 26 rings (SSSR count). The summed E-state index contributed by atoms with van der Waals surface area (Å²) in [6.45, 7) is 5.62. The topological polar surface area (TPSA) is 279 Å². The van der Waals surface area contributed by atoms with Gasteiger partial charge in [-0.05, 0) is 367 Å². The second kappa shape index (κ2) is 55.9. The number of rotatable bonds is 17. The molecule has 0 unspecified atom stereocenters. The van der Waals surface area contributed by atoms with Gasteiger partial charge in [0.2, 0.25) is 17.8 Å². The van der Waals surface area contributed by atoms with Crippen LogP contribution >= 0.6 is 0 Å². The van der Waals surface area contributed by atoms with Crippen molar-refractivity contribution < 1.29 is 19.1 Å². The van der Waals surface area contributed by atoms with Crippen molar-refractivity contribution in [2.45, 2.75) is 534 Å². The summed E-state index contributed by atoms with van der Waals surface area (Å²) in [4.78, 5) is 67.4. The summed E-state index contributed by atoms with van der Waals surface area (Å²) in [6.07, 6.45) is 89.6. The van der Waals surface area contributed by atoms with Crippen LogP contribution in [-0.4, -0.2) is 130 Å². The van der Waals surface area contributed by atoms with Crippen LogP contribution in [0.3, 0.4) is 0 Å². The number of para-hydroxylation sites is 3. The van der Waals surface area contributed by atoms with Gasteiger partial charge in [-0.25, -0.2) is 34.7 Å². The third-order valence-corrected chi connectivity index (χ3v) is 37.6. The number of carbonyl (C=O) groups is 3. The Morgan fingerprint density at radius 1 is 0.282 bits per heavy atom. The first kappa shape index (κ1) is 110. The molecule has 0 atom stereocenters. The molecular weight excluding hydrogens is 1840 g/mol. The van der Waals surface area contributed by atoms with Crippen LogP contribution in [0.15, 0.2) is 151 Å². The first-order chi connectivity index (χ1) is 72.8. The van der Waals surface area contributed by atoms with E-state index in [0.717, 1.165) is 146 Å². The maximum absolute atomic E-state index is 12.6. The minimum absolute atomic E-state index is 0.0628. The van der Waals surface area contributed by atoms with Crippen LogP contribution < -0.4 is 63.8 Å². The van der Waals surface area contributed by atoms with Crippen LogP contribution in [0.25, 0.3) is 0 Å². The van der Waals surface area contributed by atoms with Gasteiger partial charge < -0.3 is 52.6 Å². The normalized spacial score (nSPS) is 29.8. The van der Waals surface area contributed by atoms with E-state index in [0.29, 0.717) is 88.9 Å². The number of benzene rings is 4. The van der Waals surface area contributed by atoms with Crippen molar-refractivity contribution in [1.29, 1.82) is 0 Å². The third-order valence-electron chi connectivity index (χ3n) is 37.6. The summed E-state index contributed by atoms with van der Waals surface area (Å²) in [7, 11) is 0. The third kappa shape index (κ3) is 35.4. The summed E-state index contributed by atoms with van der Waals surface area (Å²) in [6, 6.07) is 43.7. The van der Waals surface area contributed by atoms with Crippen LogP contribution in [0, 0.1) is 59.2 Å². The molecule has 0 spiro atoms. The Balaban J connectivity index is 0.000000118. The van der Waals surface area contributed by atoms with Crippen LogP contribution in [0.4, 0.5) is 21.9 Å². The Morgan fingerprint density at radius 2 is 0.557 bits per heavy atom. The van der Waals surface area contributed by atoms with Crippen molar-refractivity contribution in [1.82, 2.24) is 53.2 Å². The Bertz CT molecular complexity index is 4680. The van der Waals surface area contributed by atoms with E-state index in [2.05, 4.69) is 99.1 Å². The fourth-order valence-electron chi connectivity index (χ4n) is 31.5. The summed E-state index contributed by atoms with van der Waals surface area (Å²) >= 11 is 0. The lowest BCUT2D eigenvalue weighted by atomic mass is 9.52. The quantitative estimate of drug-likeness (QED) is 0.0347. The van der Waals surface area contributed by atoms with E-state index in [9.17, 15) is 14.4 Å². The monoisotopic (exact) mass is 2040 g/mol. The number of anilines is 2. The van der Waals surface area contributed by atoms with Gasteiger partial charge in [-0.1, -0.05) is 265 Å². The molecule has 0 radical (unpaired) electrons. The Labute approximate surface area is 898 Å². The SMILES string of the molecule is C1C2CC3CC1CC(N=C(NC14CC5CC(CC(C5)C1)C4)NC14CC5CC(CC(C5)C1)C4)(C2)C3.C1CCC(N=C(NC2CCCCC2)NC2CCCCC2)CC1.CC(C)(C)OC(=O)NC(=NC1CCCCC1)NC1CCCCC1.O=C(NC(=NC1CCCCC1)NC1CCCCC1)c1ccccc1.O=C(NC(=Nc1ccccc1)Nc1ccccc1)C1CCCCC1.c1ccc(NC(=NC2CCCCC2)NC2CCCCC2)cc1. The number of alkyl carbamates (subject to hydrolysis) is 1. The van der Waals surface area contributed by atoms with E-state index >= 15 is 0 Å². The largest absolute Gasteiger partial charge is 0.444 e. The minimum Gasteiger partial charge on any atom is -0.444 e. The molecule has 22 heteroatoms. The highest BCUT2D eigenvalue weighted by Gasteiger charge is 2.57. The molecule has 0 aromatic heterocycles. The molecule has 0 saturated heterocycles. The van der Waals surface area contributed by atoms with Crippen molar-refractivity contribution in [3.63, 3.8) is 0 Å². The van der Waals surface area contributed by atoms with Crippen molar-refractivity contribution in [2.24, 2.45) is 89.1 Å². The Morgan fingerprint density at radius 3 is 0.899 bits per heavy atom. The summed E-state index contributed by atoms with van der Waals surface area (Å²) in [5.41, 5.74) is 4.02. The number of amides is 3. The number of nitrogens with zero attached hydrogens (tertiary/aromatic N) is 6. The zero-order valence-electron chi connectivity index (χ0n) is 92.4. The number of guanidine groups is 6. The van der Waals surface area contributed by atoms with Crippen molar-refractivity contribution in [2.75, 3.05) is 10.6 Å². The zero-order valence-corrected chi connectivity index (χ0v) is 92.4. The van der Waals surface area contributed by atoms with Crippen molar-refractivity contribution in [3.05, 3.63) is 127 Å². The average molecular weight is 2040 g/mol. The highest BCUT2D eigenvalue weighted by atomic mass is 16.6. The highest BCUT2D eigenvalue weighted by molar-refractivity contribution is 6.06. The van der Waals surface area contributed by atoms with E-state index in [4.69, 9.17) is 29.7 Å². The molecule has 22 nitrogen and oxygen atoms in total. The number of hydrogen-bond donors (Lipinski definition) is 12. The lowest BCUT2D eigenvalue weighted by Gasteiger charge is -2.60. The number of aliphatic imine (C=N–C) groups is 6. The van der Waals surface area contributed by atoms with Crippen molar-refractivity contribution in [3.8, 4) is 0 Å². The molecule has 22 aliphatic rings. The van der Waals surface area contributed by atoms with Gasteiger partial charge in [0.05, 0.1) is 35.4 Å². The molecule has 4 aromatic rings. The molecular formula is C127H196N18O4. The van der Waals surface area contributed by atoms with E-state index in [1.165, 1.54) is 378 Å². The number of hydrogen-bond acceptors (Lipinski definition) is 10. The smallest absolute Gasteiger partial charge is 0.414 e. The number of ether oxygens (including phenoxy) is 1. The lowest BCUT2D eigenvalue weighted by molar-refractivity contribution is -0.124. The van der Waals surface area contributed by atoms with Gasteiger partial charge in [-0.3, -0.25) is 25.5 Å². The highest BCUT2D eigenvalue weighted by Crippen LogP contribution is 2.60. The summed E-state index contributed by atoms with van der Waals surface area (Å²) < 4.78 is 5.38. The molecule has 22 fully saturated rings. The van der Waals surface area contributed by atoms with E-state index in [1.807, 2.05) is 112 Å². The number of carbonyl (C=O) groups excluding carboxylic acids is 3. The molecule has 12 N–H and O–H groups in total. The number of nitrogens with one attached hydrogen (secondary N) is 12. The fourth-order valence-corrected chi connectivity index (χ4v) is 31.5. The molecule has 22 aliphatic carbocycles. The average Bonchev–Trinajstić information content (AvgIpc) is 0.724. The lowest BCUT2D eigenvalue weighted by Crippen LogP contribution is -2.67. The molecule has 3 amide bonds. The standard InChI is InChI=1S/C31H47N3.C20H29N3O.C20H23N3O.C19H35N3.C19H29N3.C18H33N3O2/c1-19-2-21-3-20(1)11-29(10-19,12-21)32-28(33-30-13-22-4-23(14-30)6-24(5-22)15-30)34-31-16-25-7-26(17-31)9-27(8-25)18-31;2*24-19(16-10-4-1-5-11-16)23-20(21-17-12-6-2-7-13-17)22-18-14-8-3-9-15-18;2*1-4-10-16(11-5-1)20-19(21-17-12-6-2-7-13-17)22-18-14-8-3-9-15-18;1-18(2,3)23-17(22)21-16(19-14-10-6-4-7-11-14)20-15-12-8-5-9-13-15/h19-27H,1-18H2,(H2,32,33,34);1,4-5,10-11,17-18H,2-3,6-9,12-15H2,(H2,21,22,23,24);2-3,6-9,12-16H,1,4-5,10-11H2,(H2,21,22,23,24);16-18H,1-15H2,(H2,20,21,22);1,4-5,10-11,17-18H,2-3,6-9,12-15H2,(H2,20,21,22);14-15H,4-13H2,1-3H3,(H2,19,20,21,22). The predicted octanol–water partition coefficient (Wildman–Crippen LogP) is 28.3. The van der Waals surface area contributed by atoms with E-state index < -0.39 is 11.7 Å². The van der Waals surface area contributed by atoms with Gasteiger partial charge >= 0.3 is 6.09 Å². The van der Waals surface area contributed by atoms with Crippen molar-refractivity contribution >= 4 is 70.7 Å². The first-order valence-corrected chi connectivity index (χ1v) is 62.1. The van der Waals surface area contributed by atoms with Gasteiger partial charge in [0.1, 0.15) is 5.60 Å². The molecule has 149 heavy (non-hydrogen) atoms. The second-order valence-corrected chi connectivity index (χ2v) is 51.8. The molecule has 12 bridgehead atoms. The van der Waals surface area contributed by atoms with Gasteiger partial charge in [-0.2, -0.15) is 0 Å². The van der Waals surface area contributed by atoms with Gasteiger partial charge in [0, 0.05) is 64.1 Å². The molecule has 818 valence electrons. The molecule has 4 aromatic carbocycles. The Hall–Kier alpha value is -8.69. The van der Waals surface area contributed by atoms with E-state index in [-0.39, 0.29) is 23.3 Å². The maximum Gasteiger partial charge on any atom is 0.414 e.